The van der Waals surface area contributed by atoms with Gasteiger partial charge in [0.25, 0.3) is 0 Å². The summed E-state index contributed by atoms with van der Waals surface area (Å²) >= 11 is 0. The standard InChI is InChI=1S/C13H26N2O.ClH/c1-11-6-8-12(9-7-11)15(3)13(16)5-4-10-14-2;/h11-12,14H,4-10H2,1-3H3;1H. The van der Waals surface area contributed by atoms with Crippen molar-refractivity contribution < 1.29 is 4.79 Å². The minimum atomic E-state index is 0. The van der Waals surface area contributed by atoms with Crippen LogP contribution in [-0.4, -0.2) is 37.5 Å². The number of hydrogen-bond acceptors (Lipinski definition) is 2. The molecule has 17 heavy (non-hydrogen) atoms. The lowest BCUT2D eigenvalue weighted by molar-refractivity contribution is -0.132. The molecule has 4 heteroatoms. The van der Waals surface area contributed by atoms with E-state index in [1.807, 2.05) is 19.0 Å². The van der Waals surface area contributed by atoms with Gasteiger partial charge >= 0.3 is 0 Å². The lowest BCUT2D eigenvalue weighted by Crippen LogP contribution is -2.39. The van der Waals surface area contributed by atoms with E-state index in [2.05, 4.69) is 12.2 Å². The number of nitrogens with zero attached hydrogens (tertiary/aromatic N) is 1. The number of amides is 1. The first kappa shape index (κ1) is 16.7. The Bertz CT molecular complexity index is 215. The molecule has 1 aliphatic rings. The summed E-state index contributed by atoms with van der Waals surface area (Å²) in [7, 11) is 3.90. The van der Waals surface area contributed by atoms with Gasteiger partial charge in [-0.25, -0.2) is 0 Å². The Morgan fingerprint density at radius 3 is 2.41 bits per heavy atom. The Hall–Kier alpha value is -0.280. The molecule has 0 heterocycles. The fourth-order valence-corrected chi connectivity index (χ4v) is 2.43. The molecule has 0 radical (unpaired) electrons. The zero-order chi connectivity index (χ0) is 12.0. The zero-order valence-electron chi connectivity index (χ0n) is 11.4. The van der Waals surface area contributed by atoms with Crippen molar-refractivity contribution in [2.45, 2.75) is 51.5 Å². The molecule has 1 aliphatic carbocycles. The van der Waals surface area contributed by atoms with Gasteiger partial charge in [-0.1, -0.05) is 6.92 Å². The average molecular weight is 263 g/mol. The number of carbonyl (C=O) groups excluding carboxylic acids is 1. The number of hydrogen-bond donors (Lipinski definition) is 1. The van der Waals surface area contributed by atoms with E-state index in [4.69, 9.17) is 0 Å². The molecule has 0 aliphatic heterocycles. The van der Waals surface area contributed by atoms with Crippen molar-refractivity contribution in [3.8, 4) is 0 Å². The van der Waals surface area contributed by atoms with Crippen molar-refractivity contribution in [3.63, 3.8) is 0 Å². The Morgan fingerprint density at radius 1 is 1.29 bits per heavy atom. The highest BCUT2D eigenvalue weighted by Crippen LogP contribution is 2.26. The van der Waals surface area contributed by atoms with E-state index >= 15 is 0 Å². The van der Waals surface area contributed by atoms with Gasteiger partial charge in [0.1, 0.15) is 0 Å². The van der Waals surface area contributed by atoms with Crippen LogP contribution in [0.4, 0.5) is 0 Å². The molecule has 3 nitrogen and oxygen atoms in total. The van der Waals surface area contributed by atoms with E-state index in [9.17, 15) is 4.79 Å². The number of rotatable bonds is 5. The van der Waals surface area contributed by atoms with Gasteiger partial charge in [-0.2, -0.15) is 0 Å². The van der Waals surface area contributed by atoms with Gasteiger partial charge in [-0.15, -0.1) is 12.4 Å². The maximum atomic E-state index is 11.9. The Kier molecular flexibility index (Phi) is 8.61. The lowest BCUT2D eigenvalue weighted by atomic mass is 9.86. The second-order valence-corrected chi connectivity index (χ2v) is 5.13. The second kappa shape index (κ2) is 8.76. The van der Waals surface area contributed by atoms with Crippen molar-refractivity contribution in [1.82, 2.24) is 10.2 Å². The lowest BCUT2D eigenvalue weighted by Gasteiger charge is -2.33. The molecule has 0 bridgehead atoms. The number of carbonyl (C=O) groups is 1. The summed E-state index contributed by atoms with van der Waals surface area (Å²) in [6.45, 7) is 3.24. The smallest absolute Gasteiger partial charge is 0.222 e. The monoisotopic (exact) mass is 262 g/mol. The SMILES string of the molecule is CNCCCC(=O)N(C)C1CCC(C)CC1.Cl. The first-order valence-electron chi connectivity index (χ1n) is 6.55. The number of nitrogens with one attached hydrogen (secondary N) is 1. The van der Waals surface area contributed by atoms with Gasteiger partial charge in [-0.3, -0.25) is 4.79 Å². The van der Waals surface area contributed by atoms with Crippen LogP contribution < -0.4 is 5.32 Å². The highest BCUT2D eigenvalue weighted by atomic mass is 35.5. The molecule has 1 saturated carbocycles. The van der Waals surface area contributed by atoms with E-state index in [1.54, 1.807) is 0 Å². The Morgan fingerprint density at radius 2 is 1.88 bits per heavy atom. The summed E-state index contributed by atoms with van der Waals surface area (Å²) in [6.07, 6.45) is 6.56. The molecule has 0 spiro atoms. The van der Waals surface area contributed by atoms with Crippen molar-refractivity contribution in [2.75, 3.05) is 20.6 Å². The third-order valence-corrected chi connectivity index (χ3v) is 3.74. The molecule has 0 saturated heterocycles. The summed E-state index contributed by atoms with van der Waals surface area (Å²) in [5.41, 5.74) is 0. The van der Waals surface area contributed by atoms with Crippen LogP contribution in [0, 0.1) is 5.92 Å². The minimum absolute atomic E-state index is 0. The maximum Gasteiger partial charge on any atom is 0.222 e. The average Bonchev–Trinajstić information content (AvgIpc) is 2.29. The van der Waals surface area contributed by atoms with Crippen molar-refractivity contribution in [3.05, 3.63) is 0 Å². The summed E-state index contributed by atoms with van der Waals surface area (Å²) in [5, 5.41) is 3.08. The summed E-state index contributed by atoms with van der Waals surface area (Å²) in [5.74, 6) is 1.17. The van der Waals surface area contributed by atoms with Crippen molar-refractivity contribution in [2.24, 2.45) is 5.92 Å². The zero-order valence-corrected chi connectivity index (χ0v) is 12.2. The molecule has 0 aromatic rings. The molecule has 0 aromatic heterocycles. The predicted molar refractivity (Wildman–Crippen MR) is 74.6 cm³/mol. The molecular formula is C13H27ClN2O. The number of halogens is 1. The maximum absolute atomic E-state index is 11.9. The molecule has 1 rings (SSSR count). The third-order valence-electron chi connectivity index (χ3n) is 3.74. The van der Waals surface area contributed by atoms with Crippen LogP contribution in [0.5, 0.6) is 0 Å². The van der Waals surface area contributed by atoms with Crippen LogP contribution >= 0.6 is 12.4 Å². The highest BCUT2D eigenvalue weighted by molar-refractivity contribution is 5.85. The Balaban J connectivity index is 0.00000256. The van der Waals surface area contributed by atoms with Crippen LogP contribution in [0.1, 0.15) is 45.4 Å². The summed E-state index contributed by atoms with van der Waals surface area (Å²) < 4.78 is 0. The predicted octanol–water partition coefficient (Wildman–Crippen LogP) is 2.44. The van der Waals surface area contributed by atoms with Gasteiger partial charge in [0, 0.05) is 19.5 Å². The van der Waals surface area contributed by atoms with Crippen LogP contribution in [0.3, 0.4) is 0 Å². The van der Waals surface area contributed by atoms with Gasteiger partial charge in [0.05, 0.1) is 0 Å². The summed E-state index contributed by atoms with van der Waals surface area (Å²) in [4.78, 5) is 13.9. The fourth-order valence-electron chi connectivity index (χ4n) is 2.43. The van der Waals surface area contributed by atoms with Gasteiger partial charge in [-0.05, 0) is 51.6 Å². The van der Waals surface area contributed by atoms with E-state index in [1.165, 1.54) is 25.7 Å². The van der Waals surface area contributed by atoms with Crippen LogP contribution in [0.2, 0.25) is 0 Å². The molecule has 1 fully saturated rings. The summed E-state index contributed by atoms with van der Waals surface area (Å²) in [6, 6.07) is 0.498. The van der Waals surface area contributed by atoms with Crippen LogP contribution in [0.15, 0.2) is 0 Å². The Labute approximate surface area is 112 Å². The van der Waals surface area contributed by atoms with Crippen LogP contribution in [-0.2, 0) is 4.79 Å². The van der Waals surface area contributed by atoms with E-state index in [0.717, 1.165) is 18.9 Å². The van der Waals surface area contributed by atoms with E-state index in [0.29, 0.717) is 18.4 Å². The van der Waals surface area contributed by atoms with E-state index in [-0.39, 0.29) is 12.4 Å². The molecule has 0 aromatic carbocycles. The topological polar surface area (TPSA) is 32.3 Å². The van der Waals surface area contributed by atoms with Crippen molar-refractivity contribution >= 4 is 18.3 Å². The normalized spacial score (nSPS) is 23.9. The van der Waals surface area contributed by atoms with Crippen LogP contribution in [0.25, 0.3) is 0 Å². The molecule has 1 N–H and O–H groups in total. The molecular weight excluding hydrogens is 236 g/mol. The largest absolute Gasteiger partial charge is 0.343 e. The first-order chi connectivity index (χ1) is 7.65. The molecule has 0 unspecified atom stereocenters. The van der Waals surface area contributed by atoms with Gasteiger partial charge < -0.3 is 10.2 Å². The molecule has 102 valence electrons. The fraction of sp³-hybridized carbons (Fsp3) is 0.923. The first-order valence-corrected chi connectivity index (χ1v) is 6.55. The molecule has 1 amide bonds. The quantitative estimate of drug-likeness (QED) is 0.772. The van der Waals surface area contributed by atoms with Crippen molar-refractivity contribution in [1.29, 1.82) is 0 Å². The third kappa shape index (κ3) is 5.73. The minimum Gasteiger partial charge on any atom is -0.343 e. The van der Waals surface area contributed by atoms with E-state index < -0.39 is 0 Å². The van der Waals surface area contributed by atoms with Gasteiger partial charge in [0.15, 0.2) is 0 Å². The highest BCUT2D eigenvalue weighted by Gasteiger charge is 2.24. The second-order valence-electron chi connectivity index (χ2n) is 5.13. The molecule has 0 atom stereocenters. The van der Waals surface area contributed by atoms with Gasteiger partial charge in [0.2, 0.25) is 5.91 Å².